The lowest BCUT2D eigenvalue weighted by atomic mass is 10.1. The van der Waals surface area contributed by atoms with E-state index in [0.29, 0.717) is 25.1 Å². The first-order chi connectivity index (χ1) is 9.08. The molecular weight excluding hydrogens is 242 g/mol. The van der Waals surface area contributed by atoms with Crippen LogP contribution in [0.1, 0.15) is 49.2 Å². The second-order valence-electron chi connectivity index (χ2n) is 4.55. The first-order valence-electron chi connectivity index (χ1n) is 6.77. The molecule has 0 saturated carbocycles. The van der Waals surface area contributed by atoms with Crippen LogP contribution < -0.4 is 4.57 Å². The Labute approximate surface area is 114 Å². The van der Waals surface area contributed by atoms with Crippen molar-refractivity contribution in [2.75, 3.05) is 6.61 Å². The number of rotatable bonds is 7. The van der Waals surface area contributed by atoms with E-state index in [4.69, 9.17) is 4.74 Å². The fourth-order valence-corrected chi connectivity index (χ4v) is 1.81. The minimum Gasteiger partial charge on any atom is -0.462 e. The van der Waals surface area contributed by atoms with Crippen molar-refractivity contribution >= 4 is 11.8 Å². The summed E-state index contributed by atoms with van der Waals surface area (Å²) in [6.45, 7) is 6.47. The second-order valence-corrected chi connectivity index (χ2v) is 4.55. The predicted octanol–water partition coefficient (Wildman–Crippen LogP) is 2.22. The number of aryl methyl sites for hydroxylation is 1. The molecule has 1 aromatic rings. The lowest BCUT2D eigenvalue weighted by Crippen LogP contribution is -2.40. The number of aromatic nitrogens is 1. The molecule has 104 valence electrons. The van der Waals surface area contributed by atoms with E-state index in [1.807, 2.05) is 11.5 Å². The van der Waals surface area contributed by atoms with Crippen molar-refractivity contribution in [3.05, 3.63) is 29.6 Å². The molecule has 0 unspecified atom stereocenters. The van der Waals surface area contributed by atoms with Crippen molar-refractivity contribution in [3.8, 4) is 0 Å². The topological polar surface area (TPSA) is 47.2 Å². The summed E-state index contributed by atoms with van der Waals surface area (Å²) < 4.78 is 6.80. The molecule has 0 fully saturated rings. The fraction of sp³-hybridized carbons (Fsp3) is 0.533. The highest BCUT2D eigenvalue weighted by molar-refractivity contribution is 5.89. The Morgan fingerprint density at radius 3 is 2.63 bits per heavy atom. The first kappa shape index (κ1) is 15.3. The van der Waals surface area contributed by atoms with Crippen molar-refractivity contribution in [2.24, 2.45) is 0 Å². The van der Waals surface area contributed by atoms with Gasteiger partial charge in [0.05, 0.1) is 12.2 Å². The molecule has 0 saturated heterocycles. The molecule has 0 aromatic carbocycles. The minimum absolute atomic E-state index is 0.221. The van der Waals surface area contributed by atoms with Gasteiger partial charge in [-0.1, -0.05) is 13.3 Å². The zero-order valence-corrected chi connectivity index (χ0v) is 11.9. The Kier molecular flexibility index (Phi) is 6.19. The Balaban J connectivity index is 2.72. The van der Waals surface area contributed by atoms with Crippen LogP contribution in [-0.4, -0.2) is 18.4 Å². The number of hydrogen-bond acceptors (Lipinski definition) is 3. The van der Waals surface area contributed by atoms with Gasteiger partial charge in [-0.15, -0.1) is 0 Å². The van der Waals surface area contributed by atoms with E-state index in [9.17, 15) is 9.59 Å². The van der Waals surface area contributed by atoms with E-state index < -0.39 is 0 Å². The van der Waals surface area contributed by atoms with Crippen molar-refractivity contribution in [2.45, 2.75) is 46.6 Å². The molecule has 0 N–H and O–H groups in total. The second kappa shape index (κ2) is 7.67. The summed E-state index contributed by atoms with van der Waals surface area (Å²) >= 11 is 0. The van der Waals surface area contributed by atoms with Crippen molar-refractivity contribution in [3.63, 3.8) is 0 Å². The highest BCUT2D eigenvalue weighted by atomic mass is 16.5. The molecule has 4 heteroatoms. The third-order valence-electron chi connectivity index (χ3n) is 2.92. The molecule has 1 aromatic heterocycles. The zero-order valence-electron chi connectivity index (χ0n) is 11.9. The van der Waals surface area contributed by atoms with Crippen LogP contribution in [0.3, 0.4) is 0 Å². The minimum atomic E-state index is -0.324. The molecule has 4 nitrogen and oxygen atoms in total. The summed E-state index contributed by atoms with van der Waals surface area (Å²) in [4.78, 5) is 23.3. The largest absolute Gasteiger partial charge is 0.462 e. The van der Waals surface area contributed by atoms with Crippen molar-refractivity contribution < 1.29 is 18.9 Å². The van der Waals surface area contributed by atoms with E-state index in [1.54, 1.807) is 25.3 Å². The van der Waals surface area contributed by atoms with Gasteiger partial charge in [0.1, 0.15) is 0 Å². The number of hydrogen-bond donors (Lipinski definition) is 0. The third-order valence-corrected chi connectivity index (χ3v) is 2.92. The molecule has 1 rings (SSSR count). The highest BCUT2D eigenvalue weighted by Gasteiger charge is 2.15. The van der Waals surface area contributed by atoms with Gasteiger partial charge in [-0.25, -0.2) is 4.79 Å². The summed E-state index contributed by atoms with van der Waals surface area (Å²) in [6.07, 6.45) is 4.34. The Morgan fingerprint density at radius 2 is 2.05 bits per heavy atom. The third kappa shape index (κ3) is 4.81. The maximum atomic E-state index is 11.7. The molecule has 0 atom stereocenters. The molecule has 0 radical (unpaired) electrons. The smallest absolute Gasteiger partial charge is 0.338 e. The van der Waals surface area contributed by atoms with Crippen LogP contribution in [0.4, 0.5) is 0 Å². The van der Waals surface area contributed by atoms with E-state index in [0.717, 1.165) is 18.5 Å². The summed E-state index contributed by atoms with van der Waals surface area (Å²) in [5.41, 5.74) is 1.41. The van der Waals surface area contributed by atoms with Gasteiger partial charge in [-0.3, -0.25) is 4.79 Å². The number of nitrogens with zero attached hydrogens (tertiary/aromatic N) is 1. The highest BCUT2D eigenvalue weighted by Crippen LogP contribution is 2.03. The number of unbranched alkanes of at least 4 members (excludes halogenated alkanes) is 1. The average Bonchev–Trinajstić information content (AvgIpc) is 2.39. The number of ether oxygens (including phenoxy) is 1. The molecular formula is C15H22NO3+. The predicted molar refractivity (Wildman–Crippen MR) is 71.9 cm³/mol. The molecule has 0 spiro atoms. The van der Waals surface area contributed by atoms with Crippen LogP contribution in [0.15, 0.2) is 18.3 Å². The number of Topliss-reactive ketones (excluding diaryl/α,β-unsaturated/α-hetero) is 1. The number of ketones is 1. The van der Waals surface area contributed by atoms with Gasteiger partial charge in [0, 0.05) is 25.5 Å². The van der Waals surface area contributed by atoms with Gasteiger partial charge in [0.2, 0.25) is 6.54 Å². The normalized spacial score (nSPS) is 10.3. The number of esters is 1. The lowest BCUT2D eigenvalue weighted by molar-refractivity contribution is -0.690. The van der Waals surface area contributed by atoms with Crippen LogP contribution >= 0.6 is 0 Å². The summed E-state index contributed by atoms with van der Waals surface area (Å²) in [5, 5.41) is 0. The van der Waals surface area contributed by atoms with Crippen LogP contribution in [0.2, 0.25) is 0 Å². The quantitative estimate of drug-likeness (QED) is 0.560. The van der Waals surface area contributed by atoms with Gasteiger partial charge in [-0.2, -0.15) is 4.57 Å². The molecule has 19 heavy (non-hydrogen) atoms. The summed E-state index contributed by atoms with van der Waals surface area (Å²) in [5.74, 6) is -0.103. The van der Waals surface area contributed by atoms with Crippen LogP contribution in [0.5, 0.6) is 0 Å². The average molecular weight is 264 g/mol. The number of carbonyl (C=O) groups is 2. The van der Waals surface area contributed by atoms with E-state index in [2.05, 4.69) is 6.92 Å². The van der Waals surface area contributed by atoms with E-state index in [-0.39, 0.29) is 11.8 Å². The Bertz CT molecular complexity index is 455. The monoisotopic (exact) mass is 264 g/mol. The maximum absolute atomic E-state index is 11.7. The lowest BCUT2D eigenvalue weighted by Gasteiger charge is -2.03. The SMILES string of the molecule is CCCCC(=O)C[n+]1ccc(C(=O)OCC)cc1C. The Hall–Kier alpha value is -1.71. The molecule has 0 aliphatic heterocycles. The number of carbonyl (C=O) groups excluding carboxylic acids is 2. The summed E-state index contributed by atoms with van der Waals surface area (Å²) in [6, 6.07) is 3.45. The van der Waals surface area contributed by atoms with Crippen LogP contribution in [0, 0.1) is 6.92 Å². The van der Waals surface area contributed by atoms with E-state index in [1.165, 1.54) is 0 Å². The zero-order chi connectivity index (χ0) is 14.3. The van der Waals surface area contributed by atoms with Gasteiger partial charge in [0.15, 0.2) is 17.7 Å². The molecule has 0 aliphatic rings. The Morgan fingerprint density at radius 1 is 1.32 bits per heavy atom. The first-order valence-corrected chi connectivity index (χ1v) is 6.77. The van der Waals surface area contributed by atoms with E-state index >= 15 is 0 Å². The van der Waals surface area contributed by atoms with Crippen molar-refractivity contribution in [1.82, 2.24) is 0 Å². The standard InChI is InChI=1S/C15H22NO3/c1-4-6-7-14(17)11-16-9-8-13(10-12(16)3)15(18)19-5-2/h8-10H,4-7,11H2,1-3H3/q+1. The van der Waals surface area contributed by atoms with Crippen LogP contribution in [-0.2, 0) is 16.1 Å². The van der Waals surface area contributed by atoms with Gasteiger partial charge >= 0.3 is 5.97 Å². The molecule has 0 bridgehead atoms. The molecule has 1 heterocycles. The number of pyridine rings is 1. The van der Waals surface area contributed by atoms with Crippen molar-refractivity contribution in [1.29, 1.82) is 0 Å². The molecule has 0 aliphatic carbocycles. The fourth-order valence-electron chi connectivity index (χ4n) is 1.81. The van der Waals surface area contributed by atoms with Gasteiger partial charge in [-0.05, 0) is 13.3 Å². The summed E-state index contributed by atoms with van der Waals surface area (Å²) in [7, 11) is 0. The van der Waals surface area contributed by atoms with Gasteiger partial charge in [0.25, 0.3) is 0 Å². The molecule has 0 amide bonds. The maximum Gasteiger partial charge on any atom is 0.338 e. The van der Waals surface area contributed by atoms with Crippen LogP contribution in [0.25, 0.3) is 0 Å². The van der Waals surface area contributed by atoms with Gasteiger partial charge < -0.3 is 4.74 Å².